The van der Waals surface area contributed by atoms with Crippen LogP contribution in [0.15, 0.2) is 65.6 Å². The van der Waals surface area contributed by atoms with Crippen LogP contribution in [0.4, 0.5) is 0 Å². The quantitative estimate of drug-likeness (QED) is 0.688. The van der Waals surface area contributed by atoms with E-state index in [9.17, 15) is 4.79 Å². The summed E-state index contributed by atoms with van der Waals surface area (Å²) in [5.41, 5.74) is 7.24. The van der Waals surface area contributed by atoms with Gasteiger partial charge in [-0.2, -0.15) is 0 Å². The van der Waals surface area contributed by atoms with Crippen molar-refractivity contribution < 1.29 is 0 Å². The lowest BCUT2D eigenvalue weighted by atomic mass is 9.92. The molecule has 2 nitrogen and oxygen atoms in total. The third-order valence-corrected chi connectivity index (χ3v) is 4.01. The van der Waals surface area contributed by atoms with Gasteiger partial charge in [0.2, 0.25) is 5.56 Å². The number of benzene rings is 2. The molecule has 0 bridgehead atoms. The number of aromatic nitrogens is 1. The van der Waals surface area contributed by atoms with Crippen molar-refractivity contribution in [1.82, 2.24) is 4.57 Å². The molecule has 2 aromatic carbocycles. The van der Waals surface area contributed by atoms with Crippen molar-refractivity contribution >= 4 is 0 Å². The van der Waals surface area contributed by atoms with E-state index in [1.54, 1.807) is 17.7 Å². The van der Waals surface area contributed by atoms with E-state index in [1.807, 2.05) is 18.3 Å². The van der Waals surface area contributed by atoms with Crippen LogP contribution in [0.1, 0.15) is 11.1 Å². The van der Waals surface area contributed by atoms with Crippen molar-refractivity contribution in [3.8, 4) is 22.3 Å². The number of nitrogens with zero attached hydrogens (tertiary/aromatic N) is 1. The molecule has 1 heterocycles. The van der Waals surface area contributed by atoms with Crippen LogP contribution in [0.5, 0.6) is 0 Å². The second-order valence-corrected chi connectivity index (χ2v) is 5.72. The van der Waals surface area contributed by atoms with Gasteiger partial charge >= 0.3 is 0 Å². The van der Waals surface area contributed by atoms with Crippen molar-refractivity contribution in [2.75, 3.05) is 0 Å². The Balaban J connectivity index is 2.13. The van der Waals surface area contributed by atoms with Gasteiger partial charge in [-0.05, 0) is 53.3 Å². The maximum atomic E-state index is 11.5. The molecule has 22 heavy (non-hydrogen) atoms. The molecular weight excluding hydrogens is 270 g/mol. The number of rotatable bonds is 2. The van der Waals surface area contributed by atoms with Crippen LogP contribution in [0, 0.1) is 13.8 Å². The van der Waals surface area contributed by atoms with Gasteiger partial charge in [-0.15, -0.1) is 0 Å². The Bertz CT molecular complexity index is 853. The maximum absolute atomic E-state index is 11.5. The Morgan fingerprint density at radius 1 is 0.773 bits per heavy atom. The molecule has 0 radical (unpaired) electrons. The van der Waals surface area contributed by atoms with Crippen LogP contribution in [0.25, 0.3) is 22.3 Å². The Labute approximate surface area is 130 Å². The van der Waals surface area contributed by atoms with Crippen molar-refractivity contribution in [2.45, 2.75) is 13.8 Å². The fraction of sp³-hybridized carbons (Fsp3) is 0.150. The first-order valence-electron chi connectivity index (χ1n) is 7.40. The Hall–Kier alpha value is -2.61. The van der Waals surface area contributed by atoms with Gasteiger partial charge in [-0.1, -0.05) is 42.5 Å². The summed E-state index contributed by atoms with van der Waals surface area (Å²) in [5.74, 6) is 0. The molecule has 0 N–H and O–H groups in total. The molecule has 0 amide bonds. The monoisotopic (exact) mass is 289 g/mol. The summed E-state index contributed by atoms with van der Waals surface area (Å²) in [5, 5.41) is 0. The van der Waals surface area contributed by atoms with Gasteiger partial charge < -0.3 is 4.57 Å². The van der Waals surface area contributed by atoms with E-state index in [0.29, 0.717) is 0 Å². The summed E-state index contributed by atoms with van der Waals surface area (Å²) < 4.78 is 1.62. The summed E-state index contributed by atoms with van der Waals surface area (Å²) in [7, 11) is 1.78. The van der Waals surface area contributed by atoms with Crippen LogP contribution in [0.3, 0.4) is 0 Å². The molecule has 0 aliphatic rings. The van der Waals surface area contributed by atoms with E-state index < -0.39 is 0 Å². The first kappa shape index (κ1) is 14.3. The lowest BCUT2D eigenvalue weighted by Crippen LogP contribution is -2.13. The number of aryl methyl sites for hydroxylation is 3. The highest BCUT2D eigenvalue weighted by atomic mass is 16.1. The second-order valence-electron chi connectivity index (χ2n) is 5.72. The van der Waals surface area contributed by atoms with Crippen molar-refractivity contribution in [3.63, 3.8) is 0 Å². The van der Waals surface area contributed by atoms with Gasteiger partial charge in [0.1, 0.15) is 0 Å². The third-order valence-electron chi connectivity index (χ3n) is 4.01. The fourth-order valence-corrected chi connectivity index (χ4v) is 2.96. The standard InChI is InChI=1S/C20H19NO/c1-14-11-18(17-9-10-19(22)21(3)13-17)12-15(2)20(14)16-7-5-4-6-8-16/h4-13H,1-3H3. The fourth-order valence-electron chi connectivity index (χ4n) is 2.96. The second kappa shape index (κ2) is 5.64. The molecule has 0 aliphatic carbocycles. The first-order chi connectivity index (χ1) is 10.6. The molecule has 0 fully saturated rings. The van der Waals surface area contributed by atoms with Gasteiger partial charge in [-0.25, -0.2) is 0 Å². The summed E-state index contributed by atoms with van der Waals surface area (Å²) in [4.78, 5) is 11.5. The zero-order valence-electron chi connectivity index (χ0n) is 13.1. The van der Waals surface area contributed by atoms with Crippen LogP contribution < -0.4 is 5.56 Å². The summed E-state index contributed by atoms with van der Waals surface area (Å²) in [6.45, 7) is 4.28. The Morgan fingerprint density at radius 2 is 1.41 bits per heavy atom. The number of hydrogen-bond acceptors (Lipinski definition) is 1. The molecule has 2 heteroatoms. The normalized spacial score (nSPS) is 10.7. The lowest BCUT2D eigenvalue weighted by Gasteiger charge is -2.13. The van der Waals surface area contributed by atoms with Crippen LogP contribution in [-0.2, 0) is 7.05 Å². The highest BCUT2D eigenvalue weighted by Gasteiger charge is 2.09. The molecule has 110 valence electrons. The highest BCUT2D eigenvalue weighted by Crippen LogP contribution is 2.31. The molecule has 0 saturated heterocycles. The van der Waals surface area contributed by atoms with Crippen molar-refractivity contribution in [1.29, 1.82) is 0 Å². The molecular formula is C20H19NO. The minimum absolute atomic E-state index is 0.0121. The van der Waals surface area contributed by atoms with Gasteiger partial charge in [0.15, 0.2) is 0 Å². The minimum atomic E-state index is 0.0121. The molecule has 0 atom stereocenters. The average Bonchev–Trinajstić information content (AvgIpc) is 2.50. The van der Waals surface area contributed by atoms with E-state index in [1.165, 1.54) is 22.3 Å². The van der Waals surface area contributed by atoms with Gasteiger partial charge in [0, 0.05) is 19.3 Å². The molecule has 0 aliphatic heterocycles. The number of hydrogen-bond donors (Lipinski definition) is 0. The van der Waals surface area contributed by atoms with E-state index >= 15 is 0 Å². The van der Waals surface area contributed by atoms with Gasteiger partial charge in [-0.3, -0.25) is 4.79 Å². The maximum Gasteiger partial charge on any atom is 0.250 e. The van der Waals surface area contributed by atoms with Crippen LogP contribution >= 0.6 is 0 Å². The van der Waals surface area contributed by atoms with E-state index in [0.717, 1.165) is 11.1 Å². The van der Waals surface area contributed by atoms with Gasteiger partial charge in [0.25, 0.3) is 0 Å². The summed E-state index contributed by atoms with van der Waals surface area (Å²) in [6.07, 6.45) is 1.89. The Kier molecular flexibility index (Phi) is 3.68. The zero-order chi connectivity index (χ0) is 15.7. The zero-order valence-corrected chi connectivity index (χ0v) is 13.1. The topological polar surface area (TPSA) is 22.0 Å². The van der Waals surface area contributed by atoms with E-state index in [4.69, 9.17) is 0 Å². The molecule has 3 rings (SSSR count). The third kappa shape index (κ3) is 2.60. The minimum Gasteiger partial charge on any atom is -0.318 e. The Morgan fingerprint density at radius 3 is 2.00 bits per heavy atom. The predicted molar refractivity (Wildman–Crippen MR) is 92.0 cm³/mol. The first-order valence-corrected chi connectivity index (χ1v) is 7.40. The van der Waals surface area contributed by atoms with Gasteiger partial charge in [0.05, 0.1) is 0 Å². The predicted octanol–water partition coefficient (Wildman–Crippen LogP) is 4.34. The van der Waals surface area contributed by atoms with E-state index in [-0.39, 0.29) is 5.56 Å². The van der Waals surface area contributed by atoms with Crippen LogP contribution in [0.2, 0.25) is 0 Å². The van der Waals surface area contributed by atoms with Crippen LogP contribution in [-0.4, -0.2) is 4.57 Å². The summed E-state index contributed by atoms with van der Waals surface area (Å²) >= 11 is 0. The molecule has 3 aromatic rings. The average molecular weight is 289 g/mol. The van der Waals surface area contributed by atoms with Crippen molar-refractivity contribution in [3.05, 3.63) is 82.3 Å². The lowest BCUT2D eigenvalue weighted by molar-refractivity contribution is 0.862. The van der Waals surface area contributed by atoms with Crippen molar-refractivity contribution in [2.24, 2.45) is 7.05 Å². The largest absolute Gasteiger partial charge is 0.318 e. The molecule has 0 saturated carbocycles. The smallest absolute Gasteiger partial charge is 0.250 e. The molecule has 0 spiro atoms. The molecule has 0 unspecified atom stereocenters. The number of pyridine rings is 1. The van der Waals surface area contributed by atoms with E-state index in [2.05, 4.69) is 50.2 Å². The highest BCUT2D eigenvalue weighted by molar-refractivity contribution is 5.76. The SMILES string of the molecule is Cc1cc(-c2ccc(=O)n(C)c2)cc(C)c1-c1ccccc1. The summed E-state index contributed by atoms with van der Waals surface area (Å²) in [6, 6.07) is 18.3. The molecule has 1 aromatic heterocycles.